The number of benzene rings is 1. The molecule has 0 N–H and O–H groups in total. The van der Waals surface area contributed by atoms with Crippen LogP contribution in [0.5, 0.6) is 0 Å². The summed E-state index contributed by atoms with van der Waals surface area (Å²) in [5.74, 6) is -0.105. The van der Waals surface area contributed by atoms with Crippen LogP contribution in [0.4, 0.5) is 0 Å². The first-order chi connectivity index (χ1) is 10.7. The van der Waals surface area contributed by atoms with E-state index >= 15 is 0 Å². The second-order valence-corrected chi connectivity index (χ2v) is 5.84. The lowest BCUT2D eigenvalue weighted by atomic mass is 9.94. The Balaban J connectivity index is 1.78. The van der Waals surface area contributed by atoms with Crippen LogP contribution in [0.1, 0.15) is 61.7 Å². The average Bonchev–Trinajstić information content (AvgIpc) is 2.57. The van der Waals surface area contributed by atoms with E-state index in [1.54, 1.807) is 12.1 Å². The molecule has 0 bridgehead atoms. The average molecular weight is 301 g/mol. The molecule has 1 aromatic carbocycles. The maximum Gasteiger partial charge on any atom is 0.229 e. The van der Waals surface area contributed by atoms with Gasteiger partial charge >= 0.3 is 0 Å². The van der Waals surface area contributed by atoms with Crippen molar-refractivity contribution >= 4 is 18.1 Å². The molecule has 2 amide bonds. The first-order valence-corrected chi connectivity index (χ1v) is 8.07. The van der Waals surface area contributed by atoms with Crippen LogP contribution >= 0.6 is 0 Å². The van der Waals surface area contributed by atoms with Crippen molar-refractivity contribution in [3.05, 3.63) is 35.9 Å². The Labute approximate surface area is 131 Å². The number of carbonyl (C=O) groups is 3. The Morgan fingerprint density at radius 1 is 1.05 bits per heavy atom. The molecule has 1 aliphatic rings. The van der Waals surface area contributed by atoms with E-state index in [2.05, 4.69) is 0 Å². The molecule has 2 rings (SSSR count). The first kappa shape index (κ1) is 16.4. The van der Waals surface area contributed by atoms with Crippen molar-refractivity contribution in [1.82, 2.24) is 4.90 Å². The van der Waals surface area contributed by atoms with Gasteiger partial charge in [-0.1, -0.05) is 49.6 Å². The molecule has 0 radical (unpaired) electrons. The molecule has 1 fully saturated rings. The summed E-state index contributed by atoms with van der Waals surface area (Å²) in [6, 6.07) is 9.15. The summed E-state index contributed by atoms with van der Waals surface area (Å²) in [7, 11) is 0. The van der Waals surface area contributed by atoms with Gasteiger partial charge in [-0.3, -0.25) is 19.3 Å². The molecule has 1 aromatic rings. The van der Waals surface area contributed by atoms with Crippen molar-refractivity contribution in [2.45, 2.75) is 57.4 Å². The smallest absolute Gasteiger partial charge is 0.229 e. The highest BCUT2D eigenvalue weighted by atomic mass is 16.2. The van der Waals surface area contributed by atoms with E-state index in [4.69, 9.17) is 0 Å². The van der Waals surface area contributed by atoms with E-state index in [0.717, 1.165) is 25.7 Å². The number of hydrogen-bond donors (Lipinski definition) is 0. The zero-order valence-electron chi connectivity index (χ0n) is 12.9. The molecule has 0 unspecified atom stereocenters. The van der Waals surface area contributed by atoms with Gasteiger partial charge in [-0.25, -0.2) is 0 Å². The zero-order valence-corrected chi connectivity index (χ0v) is 12.9. The fourth-order valence-corrected chi connectivity index (χ4v) is 3.01. The predicted octanol–water partition coefficient (Wildman–Crippen LogP) is 3.36. The van der Waals surface area contributed by atoms with E-state index in [-0.39, 0.29) is 24.2 Å². The highest BCUT2D eigenvalue weighted by molar-refractivity contribution is 5.96. The molecule has 1 aliphatic carbocycles. The summed E-state index contributed by atoms with van der Waals surface area (Å²) in [6.45, 7) is 0. The SMILES string of the molecule is O=CN(C(=O)CCCC(=O)c1ccccc1)C1CCCCC1. The second-order valence-electron chi connectivity index (χ2n) is 5.84. The van der Waals surface area contributed by atoms with Crippen LogP contribution in [0, 0.1) is 0 Å². The second kappa shape index (κ2) is 8.47. The zero-order chi connectivity index (χ0) is 15.8. The van der Waals surface area contributed by atoms with E-state index < -0.39 is 0 Å². The highest BCUT2D eigenvalue weighted by Gasteiger charge is 2.24. The largest absolute Gasteiger partial charge is 0.294 e. The van der Waals surface area contributed by atoms with Gasteiger partial charge in [0.15, 0.2) is 5.78 Å². The van der Waals surface area contributed by atoms with Crippen LogP contribution in [0.15, 0.2) is 30.3 Å². The van der Waals surface area contributed by atoms with E-state index in [1.807, 2.05) is 18.2 Å². The number of ketones is 1. The number of Topliss-reactive ketones (excluding diaryl/α,β-unsaturated/α-hetero) is 1. The normalized spacial score (nSPS) is 15.3. The quantitative estimate of drug-likeness (QED) is 0.573. The van der Waals surface area contributed by atoms with Gasteiger partial charge in [0.2, 0.25) is 12.3 Å². The Kier molecular flexibility index (Phi) is 6.31. The summed E-state index contributed by atoms with van der Waals surface area (Å²) < 4.78 is 0. The fraction of sp³-hybridized carbons (Fsp3) is 0.500. The third-order valence-corrected chi connectivity index (χ3v) is 4.26. The lowest BCUT2D eigenvalue weighted by Crippen LogP contribution is -2.40. The summed E-state index contributed by atoms with van der Waals surface area (Å²) in [5, 5.41) is 0. The van der Waals surface area contributed by atoms with Crippen molar-refractivity contribution in [1.29, 1.82) is 0 Å². The Hall–Kier alpha value is -1.97. The number of carbonyl (C=O) groups excluding carboxylic acids is 3. The third-order valence-electron chi connectivity index (χ3n) is 4.26. The lowest BCUT2D eigenvalue weighted by molar-refractivity contribution is -0.141. The molecule has 0 aromatic heterocycles. The number of amides is 2. The standard InChI is InChI=1S/C18H23NO3/c20-14-19(16-10-5-2-6-11-16)18(22)13-7-12-17(21)15-8-3-1-4-9-15/h1,3-4,8-9,14,16H,2,5-7,10-13H2. The van der Waals surface area contributed by atoms with Crippen LogP contribution in [-0.2, 0) is 9.59 Å². The van der Waals surface area contributed by atoms with Gasteiger partial charge in [0, 0.05) is 24.4 Å². The molecule has 0 spiro atoms. The summed E-state index contributed by atoms with van der Waals surface area (Å²) in [4.78, 5) is 36.7. The third kappa shape index (κ3) is 4.52. The molecule has 4 nitrogen and oxygen atoms in total. The van der Waals surface area contributed by atoms with Crippen molar-refractivity contribution in [3.8, 4) is 0 Å². The molecule has 118 valence electrons. The van der Waals surface area contributed by atoms with E-state index in [9.17, 15) is 14.4 Å². The summed E-state index contributed by atoms with van der Waals surface area (Å²) in [5.41, 5.74) is 0.675. The first-order valence-electron chi connectivity index (χ1n) is 8.07. The molecule has 0 saturated heterocycles. The number of hydrogen-bond acceptors (Lipinski definition) is 3. The van der Waals surface area contributed by atoms with E-state index in [1.165, 1.54) is 11.3 Å². The molecule has 1 saturated carbocycles. The van der Waals surface area contributed by atoms with Gasteiger partial charge in [0.05, 0.1) is 0 Å². The van der Waals surface area contributed by atoms with Crippen molar-refractivity contribution < 1.29 is 14.4 Å². The van der Waals surface area contributed by atoms with Crippen LogP contribution < -0.4 is 0 Å². The lowest BCUT2D eigenvalue weighted by Gasteiger charge is -2.29. The number of nitrogens with zero attached hydrogens (tertiary/aromatic N) is 1. The van der Waals surface area contributed by atoms with E-state index in [0.29, 0.717) is 24.8 Å². The minimum absolute atomic E-state index is 0.0451. The highest BCUT2D eigenvalue weighted by Crippen LogP contribution is 2.22. The maximum atomic E-state index is 12.2. The minimum Gasteiger partial charge on any atom is -0.294 e. The maximum absolute atomic E-state index is 12.2. The molecule has 0 atom stereocenters. The van der Waals surface area contributed by atoms with Crippen molar-refractivity contribution in [2.75, 3.05) is 0 Å². The van der Waals surface area contributed by atoms with Crippen LogP contribution in [0.2, 0.25) is 0 Å². The Morgan fingerprint density at radius 2 is 1.73 bits per heavy atom. The molecular weight excluding hydrogens is 278 g/mol. The van der Waals surface area contributed by atoms with Gasteiger partial charge in [-0.15, -0.1) is 0 Å². The predicted molar refractivity (Wildman–Crippen MR) is 84.4 cm³/mol. The van der Waals surface area contributed by atoms with Gasteiger partial charge in [-0.05, 0) is 19.3 Å². The van der Waals surface area contributed by atoms with Gasteiger partial charge in [-0.2, -0.15) is 0 Å². The molecule has 4 heteroatoms. The number of rotatable bonds is 7. The minimum atomic E-state index is -0.150. The molecule has 0 heterocycles. The number of imide groups is 1. The molecular formula is C18H23NO3. The van der Waals surface area contributed by atoms with Gasteiger partial charge in [0.1, 0.15) is 0 Å². The van der Waals surface area contributed by atoms with Crippen LogP contribution in [-0.4, -0.2) is 29.0 Å². The van der Waals surface area contributed by atoms with Gasteiger partial charge in [0.25, 0.3) is 0 Å². The summed E-state index contributed by atoms with van der Waals surface area (Å²) in [6.07, 6.45) is 6.91. The van der Waals surface area contributed by atoms with Crippen LogP contribution in [0.3, 0.4) is 0 Å². The Bertz CT molecular complexity index is 506. The Morgan fingerprint density at radius 3 is 2.36 bits per heavy atom. The van der Waals surface area contributed by atoms with Crippen LogP contribution in [0.25, 0.3) is 0 Å². The molecule has 22 heavy (non-hydrogen) atoms. The van der Waals surface area contributed by atoms with Crippen molar-refractivity contribution in [3.63, 3.8) is 0 Å². The topological polar surface area (TPSA) is 54.5 Å². The molecule has 0 aliphatic heterocycles. The summed E-state index contributed by atoms with van der Waals surface area (Å²) >= 11 is 0. The fourth-order valence-electron chi connectivity index (χ4n) is 3.01. The van der Waals surface area contributed by atoms with Crippen molar-refractivity contribution in [2.24, 2.45) is 0 Å². The monoisotopic (exact) mass is 301 g/mol. The van der Waals surface area contributed by atoms with Gasteiger partial charge < -0.3 is 0 Å².